The van der Waals surface area contributed by atoms with Crippen LogP contribution in [-0.2, 0) is 6.42 Å². The van der Waals surface area contributed by atoms with Gasteiger partial charge in [-0.15, -0.1) is 0 Å². The summed E-state index contributed by atoms with van der Waals surface area (Å²) in [4.78, 5) is 6.89. The van der Waals surface area contributed by atoms with Crippen molar-refractivity contribution in [1.82, 2.24) is 9.88 Å². The normalized spacial score (nSPS) is 18.1. The van der Waals surface area contributed by atoms with Crippen molar-refractivity contribution in [2.45, 2.75) is 39.0 Å². The van der Waals surface area contributed by atoms with Gasteiger partial charge >= 0.3 is 0 Å². The molecule has 0 unspecified atom stereocenters. The van der Waals surface area contributed by atoms with Crippen LogP contribution in [0.3, 0.4) is 0 Å². The predicted octanol–water partition coefficient (Wildman–Crippen LogP) is 2.42. The summed E-state index contributed by atoms with van der Waals surface area (Å²) in [6.07, 6.45) is 5.88. The van der Waals surface area contributed by atoms with Crippen LogP contribution in [0.4, 0.5) is 0 Å². The summed E-state index contributed by atoms with van der Waals surface area (Å²) in [6.45, 7) is 4.39. The van der Waals surface area contributed by atoms with Crippen LogP contribution in [0.25, 0.3) is 0 Å². The molecule has 2 rings (SSSR count). The third-order valence-corrected chi connectivity index (χ3v) is 4.30. The molecule has 106 valence electrons. The van der Waals surface area contributed by atoms with E-state index in [2.05, 4.69) is 29.1 Å². The highest BCUT2D eigenvalue weighted by Crippen LogP contribution is 2.38. The molecule has 3 nitrogen and oxygen atoms in total. The molecule has 1 N–H and O–H groups in total. The Labute approximate surface area is 116 Å². The molecule has 0 radical (unpaired) electrons. The lowest BCUT2D eigenvalue weighted by atomic mass is 9.86. The van der Waals surface area contributed by atoms with Gasteiger partial charge in [-0.25, -0.2) is 0 Å². The fourth-order valence-electron chi connectivity index (χ4n) is 3.19. The Bertz CT molecular complexity index is 399. The van der Waals surface area contributed by atoms with E-state index in [-0.39, 0.29) is 5.41 Å². The molecule has 0 saturated heterocycles. The van der Waals surface area contributed by atoms with Gasteiger partial charge in [0.2, 0.25) is 0 Å². The largest absolute Gasteiger partial charge is 0.396 e. The van der Waals surface area contributed by atoms with Crippen molar-refractivity contribution in [3.05, 3.63) is 29.6 Å². The van der Waals surface area contributed by atoms with Crippen LogP contribution >= 0.6 is 0 Å². The van der Waals surface area contributed by atoms with E-state index in [1.54, 1.807) is 0 Å². The first kappa shape index (κ1) is 14.5. The molecular weight excluding hydrogens is 236 g/mol. The minimum absolute atomic E-state index is 0.161. The summed E-state index contributed by atoms with van der Waals surface area (Å²) in [7, 11) is 2.16. The van der Waals surface area contributed by atoms with Gasteiger partial charge < -0.3 is 10.0 Å². The zero-order valence-corrected chi connectivity index (χ0v) is 12.2. The predicted molar refractivity (Wildman–Crippen MR) is 78.2 cm³/mol. The van der Waals surface area contributed by atoms with Crippen LogP contribution in [0.2, 0.25) is 0 Å². The number of aliphatic hydroxyl groups excluding tert-OH is 1. The molecule has 1 aliphatic rings. The van der Waals surface area contributed by atoms with Gasteiger partial charge in [0.15, 0.2) is 0 Å². The van der Waals surface area contributed by atoms with Crippen LogP contribution in [0.5, 0.6) is 0 Å². The Balaban J connectivity index is 1.82. The average Bonchev–Trinajstić information content (AvgIpc) is 2.86. The summed E-state index contributed by atoms with van der Waals surface area (Å²) in [5.74, 6) is 0. The molecule has 0 bridgehead atoms. The molecule has 0 aromatic carbocycles. The minimum Gasteiger partial charge on any atom is -0.396 e. The summed E-state index contributed by atoms with van der Waals surface area (Å²) >= 11 is 0. The van der Waals surface area contributed by atoms with Crippen LogP contribution < -0.4 is 0 Å². The van der Waals surface area contributed by atoms with E-state index in [1.165, 1.54) is 25.7 Å². The van der Waals surface area contributed by atoms with Crippen LogP contribution in [0.15, 0.2) is 18.2 Å². The van der Waals surface area contributed by atoms with Gasteiger partial charge in [0, 0.05) is 42.9 Å². The van der Waals surface area contributed by atoms with Gasteiger partial charge in [-0.2, -0.15) is 0 Å². The molecule has 0 aliphatic heterocycles. The minimum atomic E-state index is 0.161. The Morgan fingerprint density at radius 2 is 2.05 bits per heavy atom. The zero-order valence-electron chi connectivity index (χ0n) is 12.2. The van der Waals surface area contributed by atoms with Crippen molar-refractivity contribution >= 4 is 0 Å². The van der Waals surface area contributed by atoms with Crippen molar-refractivity contribution < 1.29 is 5.11 Å². The molecule has 0 atom stereocenters. The van der Waals surface area contributed by atoms with E-state index in [4.69, 9.17) is 0 Å². The van der Waals surface area contributed by atoms with Gasteiger partial charge in [-0.3, -0.25) is 4.98 Å². The Morgan fingerprint density at radius 1 is 1.32 bits per heavy atom. The molecule has 0 amide bonds. The molecule has 1 fully saturated rings. The lowest BCUT2D eigenvalue weighted by Crippen LogP contribution is -2.37. The first-order valence-corrected chi connectivity index (χ1v) is 7.35. The molecule has 19 heavy (non-hydrogen) atoms. The van der Waals surface area contributed by atoms with Crippen LogP contribution in [-0.4, -0.2) is 41.7 Å². The van der Waals surface area contributed by atoms with Gasteiger partial charge in [-0.1, -0.05) is 18.9 Å². The third kappa shape index (κ3) is 4.02. The highest BCUT2D eigenvalue weighted by atomic mass is 16.3. The Hall–Kier alpha value is -0.930. The fraction of sp³-hybridized carbons (Fsp3) is 0.688. The maximum Gasteiger partial charge on any atom is 0.0499 e. The Kier molecular flexibility index (Phi) is 4.94. The molecule has 1 aliphatic carbocycles. The molecule has 1 aromatic rings. The maximum absolute atomic E-state index is 9.65. The van der Waals surface area contributed by atoms with E-state index < -0.39 is 0 Å². The number of nitrogens with zero attached hydrogens (tertiary/aromatic N) is 2. The van der Waals surface area contributed by atoms with E-state index >= 15 is 0 Å². The molecule has 1 heterocycles. The Morgan fingerprint density at radius 3 is 2.68 bits per heavy atom. The van der Waals surface area contributed by atoms with Crippen molar-refractivity contribution in [1.29, 1.82) is 0 Å². The number of aliphatic hydroxyl groups is 1. The highest BCUT2D eigenvalue weighted by Gasteiger charge is 2.33. The second kappa shape index (κ2) is 6.49. The van der Waals surface area contributed by atoms with Crippen molar-refractivity contribution in [3.8, 4) is 0 Å². The van der Waals surface area contributed by atoms with Crippen LogP contribution in [0, 0.1) is 12.3 Å². The molecule has 0 spiro atoms. The lowest BCUT2D eigenvalue weighted by molar-refractivity contribution is 0.0893. The second-order valence-corrected chi connectivity index (χ2v) is 6.12. The quantitative estimate of drug-likeness (QED) is 0.855. The van der Waals surface area contributed by atoms with Gasteiger partial charge in [-0.05, 0) is 38.9 Å². The summed E-state index contributed by atoms with van der Waals surface area (Å²) < 4.78 is 0. The topological polar surface area (TPSA) is 36.4 Å². The number of rotatable bonds is 6. The van der Waals surface area contributed by atoms with Gasteiger partial charge in [0.25, 0.3) is 0 Å². The number of likely N-dealkylation sites (N-methyl/N-ethyl adjacent to an activating group) is 1. The third-order valence-electron chi connectivity index (χ3n) is 4.30. The standard InChI is InChI=1S/C16H26N2O/c1-14-6-5-7-15(17-14)8-11-18(2)12-16(13-19)9-3-4-10-16/h5-7,19H,3-4,8-13H2,1-2H3. The number of pyridine rings is 1. The van der Waals surface area contributed by atoms with Crippen molar-refractivity contribution in [2.24, 2.45) is 5.41 Å². The molecule has 3 heteroatoms. The number of hydrogen-bond donors (Lipinski definition) is 1. The SMILES string of the molecule is Cc1cccc(CCN(C)CC2(CO)CCCC2)n1. The van der Waals surface area contributed by atoms with E-state index in [0.29, 0.717) is 6.61 Å². The maximum atomic E-state index is 9.65. The lowest BCUT2D eigenvalue weighted by Gasteiger charge is -2.31. The fourth-order valence-corrected chi connectivity index (χ4v) is 3.19. The first-order chi connectivity index (χ1) is 9.13. The second-order valence-electron chi connectivity index (χ2n) is 6.12. The number of aryl methyl sites for hydroxylation is 1. The number of hydrogen-bond acceptors (Lipinski definition) is 3. The summed E-state index contributed by atoms with van der Waals surface area (Å²) in [5, 5.41) is 9.65. The van der Waals surface area contributed by atoms with E-state index in [0.717, 1.165) is 30.9 Å². The van der Waals surface area contributed by atoms with Crippen LogP contribution in [0.1, 0.15) is 37.1 Å². The monoisotopic (exact) mass is 262 g/mol. The molecule has 1 saturated carbocycles. The molecule has 1 aromatic heterocycles. The smallest absolute Gasteiger partial charge is 0.0499 e. The molecular formula is C16H26N2O. The van der Waals surface area contributed by atoms with Crippen molar-refractivity contribution in [2.75, 3.05) is 26.7 Å². The first-order valence-electron chi connectivity index (χ1n) is 7.35. The van der Waals surface area contributed by atoms with E-state index in [1.807, 2.05) is 13.0 Å². The highest BCUT2D eigenvalue weighted by molar-refractivity contribution is 5.10. The van der Waals surface area contributed by atoms with Gasteiger partial charge in [0.1, 0.15) is 0 Å². The number of aromatic nitrogens is 1. The van der Waals surface area contributed by atoms with Crippen molar-refractivity contribution in [3.63, 3.8) is 0 Å². The van der Waals surface area contributed by atoms with Gasteiger partial charge in [0.05, 0.1) is 0 Å². The summed E-state index contributed by atoms with van der Waals surface area (Å²) in [6, 6.07) is 6.20. The summed E-state index contributed by atoms with van der Waals surface area (Å²) in [5.41, 5.74) is 2.41. The van der Waals surface area contributed by atoms with E-state index in [9.17, 15) is 5.11 Å². The average molecular weight is 262 g/mol. The zero-order chi connectivity index (χ0) is 13.7.